The highest BCUT2D eigenvalue weighted by Crippen LogP contribution is 2.39. The largest absolute Gasteiger partial charge is 0.493 e. The Morgan fingerprint density at radius 1 is 0.962 bits per heavy atom. The van der Waals surface area contributed by atoms with Crippen molar-refractivity contribution >= 4 is 5.97 Å². The van der Waals surface area contributed by atoms with Crippen LogP contribution in [0.4, 0.5) is 0 Å². The summed E-state index contributed by atoms with van der Waals surface area (Å²) in [5, 5.41) is 8.93. The van der Waals surface area contributed by atoms with Crippen LogP contribution < -0.4 is 9.47 Å². The molecule has 0 saturated heterocycles. The maximum Gasteiger partial charge on any atom is 0.306 e. The molecule has 2 aliphatic carbocycles. The minimum absolute atomic E-state index is 0.165. The lowest BCUT2D eigenvalue weighted by Crippen LogP contribution is -2.11. The van der Waals surface area contributed by atoms with E-state index in [0.29, 0.717) is 12.5 Å². The Labute approximate surface area is 153 Å². The quantitative estimate of drug-likeness (QED) is 0.797. The maximum absolute atomic E-state index is 10.9. The predicted molar refractivity (Wildman–Crippen MR) is 98.6 cm³/mol. The van der Waals surface area contributed by atoms with Gasteiger partial charge in [0.05, 0.1) is 18.6 Å². The van der Waals surface area contributed by atoms with Crippen LogP contribution in [0.1, 0.15) is 37.2 Å². The maximum atomic E-state index is 10.9. The first-order chi connectivity index (χ1) is 12.7. The Bertz CT molecular complexity index is 740. The van der Waals surface area contributed by atoms with Crippen molar-refractivity contribution in [2.24, 2.45) is 11.8 Å². The van der Waals surface area contributed by atoms with Crippen molar-refractivity contribution in [3.05, 3.63) is 60.2 Å². The normalized spacial score (nSPS) is 27.1. The van der Waals surface area contributed by atoms with Crippen LogP contribution in [0.5, 0.6) is 11.5 Å². The van der Waals surface area contributed by atoms with E-state index in [-0.39, 0.29) is 17.9 Å². The highest BCUT2D eigenvalue weighted by molar-refractivity contribution is 5.73. The summed E-state index contributed by atoms with van der Waals surface area (Å²) in [5.41, 5.74) is 1.33. The van der Waals surface area contributed by atoms with E-state index in [4.69, 9.17) is 14.6 Å². The standard InChI is InChI=1S/C22H24O4/c23-22(24)21-13-17(21)14-25-18-9-6-15(7-10-18)16-8-11-20(12-16)26-19-4-2-1-3-5-19/h1-7,9-10,16-17,20-21H,8,11-14H2,(H,23,24)/t16?,17-,20-,21+/m0/s1. The molecule has 0 bridgehead atoms. The van der Waals surface area contributed by atoms with Crippen molar-refractivity contribution in [3.63, 3.8) is 0 Å². The average Bonchev–Trinajstić information content (AvgIpc) is 3.31. The molecule has 2 saturated carbocycles. The predicted octanol–water partition coefficient (Wildman–Crippen LogP) is 4.50. The van der Waals surface area contributed by atoms with Gasteiger partial charge in [-0.05, 0) is 61.4 Å². The van der Waals surface area contributed by atoms with Crippen molar-refractivity contribution in [3.8, 4) is 11.5 Å². The Kier molecular flexibility index (Phi) is 4.83. The van der Waals surface area contributed by atoms with Crippen molar-refractivity contribution in [2.45, 2.75) is 37.7 Å². The summed E-state index contributed by atoms with van der Waals surface area (Å²) in [5.74, 6) is 1.54. The van der Waals surface area contributed by atoms with Gasteiger partial charge in [-0.15, -0.1) is 0 Å². The van der Waals surface area contributed by atoms with E-state index in [9.17, 15) is 4.79 Å². The van der Waals surface area contributed by atoms with E-state index in [1.165, 1.54) is 5.56 Å². The summed E-state index contributed by atoms with van der Waals surface area (Å²) < 4.78 is 11.8. The number of carboxylic acids is 1. The van der Waals surface area contributed by atoms with E-state index >= 15 is 0 Å². The molecule has 0 aromatic heterocycles. The molecule has 4 atom stereocenters. The molecule has 4 nitrogen and oxygen atoms in total. The fourth-order valence-electron chi connectivity index (χ4n) is 3.82. The van der Waals surface area contributed by atoms with E-state index in [0.717, 1.165) is 37.2 Å². The second-order valence-electron chi connectivity index (χ2n) is 7.38. The fraction of sp³-hybridized carbons (Fsp3) is 0.409. The molecular weight excluding hydrogens is 328 g/mol. The van der Waals surface area contributed by atoms with E-state index in [2.05, 4.69) is 12.1 Å². The first-order valence-corrected chi connectivity index (χ1v) is 9.36. The summed E-state index contributed by atoms with van der Waals surface area (Å²) in [7, 11) is 0. The lowest BCUT2D eigenvalue weighted by atomic mass is 9.97. The van der Waals surface area contributed by atoms with E-state index < -0.39 is 5.97 Å². The minimum atomic E-state index is -0.706. The van der Waals surface area contributed by atoms with Gasteiger partial charge in [-0.2, -0.15) is 0 Å². The second-order valence-corrected chi connectivity index (χ2v) is 7.38. The highest BCUT2D eigenvalue weighted by atomic mass is 16.5. The molecule has 2 aromatic rings. The molecule has 2 aliphatic rings. The molecular formula is C22H24O4. The van der Waals surface area contributed by atoms with Crippen molar-refractivity contribution in [1.29, 1.82) is 0 Å². The third-order valence-corrected chi connectivity index (χ3v) is 5.49. The molecule has 0 radical (unpaired) electrons. The Morgan fingerprint density at radius 3 is 2.42 bits per heavy atom. The monoisotopic (exact) mass is 352 g/mol. The first-order valence-electron chi connectivity index (χ1n) is 9.36. The van der Waals surface area contributed by atoms with Gasteiger partial charge in [0.15, 0.2) is 0 Å². The van der Waals surface area contributed by atoms with E-state index in [1.54, 1.807) is 0 Å². The molecule has 0 spiro atoms. The van der Waals surface area contributed by atoms with Gasteiger partial charge in [0.1, 0.15) is 11.5 Å². The molecule has 4 heteroatoms. The second kappa shape index (κ2) is 7.40. The van der Waals surface area contributed by atoms with Gasteiger partial charge in [-0.3, -0.25) is 4.79 Å². The van der Waals surface area contributed by atoms with Crippen LogP contribution in [0, 0.1) is 11.8 Å². The zero-order chi connectivity index (χ0) is 17.9. The smallest absolute Gasteiger partial charge is 0.306 e. The van der Waals surface area contributed by atoms with Gasteiger partial charge in [0, 0.05) is 5.92 Å². The topological polar surface area (TPSA) is 55.8 Å². The first kappa shape index (κ1) is 17.0. The van der Waals surface area contributed by atoms with Gasteiger partial charge >= 0.3 is 5.97 Å². The summed E-state index contributed by atoms with van der Waals surface area (Å²) in [6.45, 7) is 0.493. The van der Waals surface area contributed by atoms with Gasteiger partial charge in [0.2, 0.25) is 0 Å². The zero-order valence-electron chi connectivity index (χ0n) is 14.7. The Morgan fingerprint density at radius 2 is 1.73 bits per heavy atom. The van der Waals surface area contributed by atoms with Crippen molar-refractivity contribution in [2.75, 3.05) is 6.61 Å². The number of aliphatic carboxylic acids is 1. The van der Waals surface area contributed by atoms with Gasteiger partial charge in [0.25, 0.3) is 0 Å². The molecule has 26 heavy (non-hydrogen) atoms. The summed E-state index contributed by atoms with van der Waals surface area (Å²) in [6, 6.07) is 18.3. The van der Waals surface area contributed by atoms with E-state index in [1.807, 2.05) is 42.5 Å². The van der Waals surface area contributed by atoms with Gasteiger partial charge < -0.3 is 14.6 Å². The number of carbonyl (C=O) groups is 1. The number of hydrogen-bond donors (Lipinski definition) is 1. The fourth-order valence-corrected chi connectivity index (χ4v) is 3.82. The highest BCUT2D eigenvalue weighted by Gasteiger charge is 2.43. The molecule has 0 aliphatic heterocycles. The average molecular weight is 352 g/mol. The molecule has 2 fully saturated rings. The lowest BCUT2D eigenvalue weighted by molar-refractivity contribution is -0.138. The summed E-state index contributed by atoms with van der Waals surface area (Å²) in [4.78, 5) is 10.9. The van der Waals surface area contributed by atoms with Crippen LogP contribution in [0.3, 0.4) is 0 Å². The van der Waals surface area contributed by atoms with Crippen LogP contribution in [0.15, 0.2) is 54.6 Å². The molecule has 1 unspecified atom stereocenters. The number of ether oxygens (including phenoxy) is 2. The number of carboxylic acid groups (broad SMARTS) is 1. The Balaban J connectivity index is 1.27. The van der Waals surface area contributed by atoms with Gasteiger partial charge in [-0.25, -0.2) is 0 Å². The van der Waals surface area contributed by atoms with Crippen molar-refractivity contribution in [1.82, 2.24) is 0 Å². The SMILES string of the molecule is O=C(O)[C@@H]1C[C@H]1COc1ccc(C2CC[C@H](Oc3ccccc3)C2)cc1. The molecule has 2 aromatic carbocycles. The molecule has 136 valence electrons. The summed E-state index contributed by atoms with van der Waals surface area (Å²) in [6.07, 6.45) is 4.27. The van der Waals surface area contributed by atoms with Gasteiger partial charge in [-0.1, -0.05) is 30.3 Å². The number of rotatable bonds is 7. The van der Waals surface area contributed by atoms with Crippen LogP contribution in [0.2, 0.25) is 0 Å². The third-order valence-electron chi connectivity index (χ3n) is 5.49. The van der Waals surface area contributed by atoms with Crippen LogP contribution >= 0.6 is 0 Å². The van der Waals surface area contributed by atoms with Crippen molar-refractivity contribution < 1.29 is 19.4 Å². The lowest BCUT2D eigenvalue weighted by Gasteiger charge is -2.15. The van der Waals surface area contributed by atoms with Crippen LogP contribution in [0.25, 0.3) is 0 Å². The summed E-state index contributed by atoms with van der Waals surface area (Å²) >= 11 is 0. The zero-order valence-corrected chi connectivity index (χ0v) is 14.7. The molecule has 1 N–H and O–H groups in total. The molecule has 0 amide bonds. The molecule has 0 heterocycles. The van der Waals surface area contributed by atoms with Crippen LogP contribution in [-0.2, 0) is 4.79 Å². The van der Waals surface area contributed by atoms with Crippen LogP contribution in [-0.4, -0.2) is 23.8 Å². The minimum Gasteiger partial charge on any atom is -0.493 e. The molecule has 4 rings (SSSR count). The third kappa shape index (κ3) is 4.01. The number of benzene rings is 2. The number of para-hydroxylation sites is 1. The Hall–Kier alpha value is -2.49. The number of hydrogen-bond acceptors (Lipinski definition) is 3.